The van der Waals surface area contributed by atoms with Crippen LogP contribution in [-0.4, -0.2) is 41.8 Å². The number of amidine groups is 1. The maximum Gasteiger partial charge on any atom is 0.283 e. The maximum atomic E-state index is 13.3. The smallest absolute Gasteiger partial charge is 0.283 e. The van der Waals surface area contributed by atoms with Crippen molar-refractivity contribution in [2.45, 2.75) is 0 Å². The van der Waals surface area contributed by atoms with E-state index in [2.05, 4.69) is 9.98 Å². The number of rotatable bonds is 7. The quantitative estimate of drug-likeness (QED) is 0.377. The number of amides is 1. The second kappa shape index (κ2) is 9.97. The van der Waals surface area contributed by atoms with Crippen molar-refractivity contribution < 1.29 is 19.1 Å². The summed E-state index contributed by atoms with van der Waals surface area (Å²) in [6.45, 7) is 0. The molecule has 168 valence electrons. The van der Waals surface area contributed by atoms with Gasteiger partial charge in [0, 0.05) is 12.3 Å². The number of ketones is 1. The molecular formula is C24H20ClN3O4S. The molecule has 1 amide bonds. The molecule has 0 atom stereocenters. The van der Waals surface area contributed by atoms with Crippen molar-refractivity contribution >= 4 is 52.0 Å². The molecule has 3 aromatic rings. The Hall–Kier alpha value is -3.49. The molecule has 2 aromatic carbocycles. The molecule has 2 heterocycles. The fourth-order valence-corrected chi connectivity index (χ4v) is 4.27. The number of benzene rings is 2. The summed E-state index contributed by atoms with van der Waals surface area (Å²) in [5.41, 5.74) is 2.09. The van der Waals surface area contributed by atoms with Crippen molar-refractivity contribution in [3.63, 3.8) is 0 Å². The van der Waals surface area contributed by atoms with Gasteiger partial charge in [-0.2, -0.15) is 0 Å². The predicted molar refractivity (Wildman–Crippen MR) is 131 cm³/mol. The van der Waals surface area contributed by atoms with E-state index < -0.39 is 0 Å². The summed E-state index contributed by atoms with van der Waals surface area (Å²) in [7, 11) is 3.10. The zero-order chi connectivity index (χ0) is 23.4. The van der Waals surface area contributed by atoms with Gasteiger partial charge >= 0.3 is 0 Å². The number of methoxy groups -OCH3 is 2. The largest absolute Gasteiger partial charge is 0.497 e. The minimum atomic E-state index is -0.315. The third-order valence-electron chi connectivity index (χ3n) is 4.87. The van der Waals surface area contributed by atoms with Crippen LogP contribution in [-0.2, 0) is 4.79 Å². The Kier molecular flexibility index (Phi) is 6.86. The first-order valence-corrected chi connectivity index (χ1v) is 11.3. The number of anilines is 1. The second-order valence-electron chi connectivity index (χ2n) is 6.95. The Labute approximate surface area is 200 Å². The number of hydrogen-bond donors (Lipinski definition) is 1. The van der Waals surface area contributed by atoms with Crippen molar-refractivity contribution in [1.82, 2.24) is 4.98 Å². The van der Waals surface area contributed by atoms with Gasteiger partial charge in [0.15, 0.2) is 11.0 Å². The molecule has 0 unspecified atom stereocenters. The van der Waals surface area contributed by atoms with Gasteiger partial charge < -0.3 is 14.5 Å². The van der Waals surface area contributed by atoms with Crippen molar-refractivity contribution in [2.24, 2.45) is 4.99 Å². The van der Waals surface area contributed by atoms with Gasteiger partial charge in [-0.3, -0.25) is 14.5 Å². The zero-order valence-electron chi connectivity index (χ0n) is 17.9. The van der Waals surface area contributed by atoms with Crippen LogP contribution in [0.2, 0.25) is 5.02 Å². The van der Waals surface area contributed by atoms with Crippen LogP contribution in [0, 0.1) is 0 Å². The van der Waals surface area contributed by atoms with Crippen LogP contribution < -0.4 is 14.4 Å². The molecule has 0 fully saturated rings. The van der Waals surface area contributed by atoms with Crippen molar-refractivity contribution in [2.75, 3.05) is 24.9 Å². The van der Waals surface area contributed by atoms with Crippen LogP contribution in [0.5, 0.6) is 11.5 Å². The van der Waals surface area contributed by atoms with Gasteiger partial charge in [-0.1, -0.05) is 35.5 Å². The number of nitrogens with one attached hydrogen (secondary N) is 1. The summed E-state index contributed by atoms with van der Waals surface area (Å²) < 4.78 is 10.5. The summed E-state index contributed by atoms with van der Waals surface area (Å²) in [5, 5.41) is 0.819. The van der Waals surface area contributed by atoms with E-state index in [1.165, 1.54) is 23.8 Å². The Morgan fingerprint density at radius 3 is 2.61 bits per heavy atom. The molecule has 9 heteroatoms. The van der Waals surface area contributed by atoms with E-state index in [-0.39, 0.29) is 23.1 Å². The normalized spacial score (nSPS) is 14.5. The molecule has 0 spiro atoms. The molecule has 1 aliphatic heterocycles. The van der Waals surface area contributed by atoms with E-state index in [4.69, 9.17) is 21.1 Å². The van der Waals surface area contributed by atoms with Crippen LogP contribution >= 0.6 is 23.4 Å². The van der Waals surface area contributed by atoms with Gasteiger partial charge in [0.25, 0.3) is 5.91 Å². The third kappa shape index (κ3) is 4.97. The molecule has 0 saturated heterocycles. The Bertz CT molecular complexity index is 1240. The number of aromatic nitrogens is 1. The fraction of sp³-hybridized carbons (Fsp3) is 0.125. The summed E-state index contributed by atoms with van der Waals surface area (Å²) in [5.74, 6) is 0.851. The van der Waals surface area contributed by atoms with E-state index in [0.29, 0.717) is 33.1 Å². The van der Waals surface area contributed by atoms with Gasteiger partial charge in [0.05, 0.1) is 36.4 Å². The van der Waals surface area contributed by atoms with Gasteiger partial charge in [0.1, 0.15) is 17.2 Å². The molecule has 1 aliphatic rings. The van der Waals surface area contributed by atoms with E-state index in [1.54, 1.807) is 49.7 Å². The standard InChI is InChI=1S/C24H20ClN3O4S/c1-31-17-8-5-15(6-9-17)12-20-23(30)28(16-7-10-18(25)22(13-16)32-2)24(27-20)33-14-21(29)19-4-3-11-26-19/h3-13,26H,14H2,1-2H3/b20-12+. The van der Waals surface area contributed by atoms with Gasteiger partial charge in [0.2, 0.25) is 0 Å². The van der Waals surface area contributed by atoms with E-state index in [1.807, 2.05) is 24.3 Å². The molecular weight excluding hydrogens is 462 g/mol. The number of Topliss-reactive ketones (excluding diaryl/α,β-unsaturated/α-hetero) is 1. The lowest BCUT2D eigenvalue weighted by Gasteiger charge is -2.18. The summed E-state index contributed by atoms with van der Waals surface area (Å²) in [6, 6.07) is 15.8. The van der Waals surface area contributed by atoms with Gasteiger partial charge in [-0.05, 0) is 48.0 Å². The summed E-state index contributed by atoms with van der Waals surface area (Å²) >= 11 is 7.35. The number of aromatic amines is 1. The molecule has 0 aliphatic carbocycles. The van der Waals surface area contributed by atoms with Crippen molar-refractivity contribution in [1.29, 1.82) is 0 Å². The highest BCUT2D eigenvalue weighted by molar-refractivity contribution is 8.14. The minimum absolute atomic E-state index is 0.0960. The first-order valence-electron chi connectivity index (χ1n) is 9.92. The Morgan fingerprint density at radius 1 is 1.15 bits per heavy atom. The molecule has 33 heavy (non-hydrogen) atoms. The topological polar surface area (TPSA) is 84.0 Å². The molecule has 0 radical (unpaired) electrons. The Morgan fingerprint density at radius 2 is 1.94 bits per heavy atom. The van der Waals surface area contributed by atoms with Crippen LogP contribution in [0.15, 0.2) is 71.5 Å². The number of carbonyl (C=O) groups is 2. The van der Waals surface area contributed by atoms with Crippen LogP contribution in [0.25, 0.3) is 6.08 Å². The highest BCUT2D eigenvalue weighted by atomic mass is 35.5. The average molecular weight is 482 g/mol. The maximum absolute atomic E-state index is 13.3. The van der Waals surface area contributed by atoms with Crippen molar-refractivity contribution in [3.05, 3.63) is 82.8 Å². The van der Waals surface area contributed by atoms with Gasteiger partial charge in [-0.25, -0.2) is 4.99 Å². The first-order chi connectivity index (χ1) is 16.0. The number of aliphatic imine (C=N–C) groups is 1. The number of thioether (sulfide) groups is 1. The van der Waals surface area contributed by atoms with E-state index >= 15 is 0 Å². The van der Waals surface area contributed by atoms with Crippen LogP contribution in [0.1, 0.15) is 16.1 Å². The van der Waals surface area contributed by atoms with Crippen molar-refractivity contribution in [3.8, 4) is 11.5 Å². The molecule has 4 rings (SSSR count). The monoisotopic (exact) mass is 481 g/mol. The van der Waals surface area contributed by atoms with Crippen LogP contribution in [0.3, 0.4) is 0 Å². The number of halogens is 1. The van der Waals surface area contributed by atoms with Crippen LogP contribution in [0.4, 0.5) is 5.69 Å². The molecule has 1 N–H and O–H groups in total. The molecule has 1 aromatic heterocycles. The molecule has 0 bridgehead atoms. The third-order valence-corrected chi connectivity index (χ3v) is 6.12. The minimum Gasteiger partial charge on any atom is -0.497 e. The lowest BCUT2D eigenvalue weighted by Crippen LogP contribution is -2.30. The fourth-order valence-electron chi connectivity index (χ4n) is 3.18. The highest BCUT2D eigenvalue weighted by Crippen LogP contribution is 2.34. The van der Waals surface area contributed by atoms with Gasteiger partial charge in [-0.15, -0.1) is 0 Å². The lowest BCUT2D eigenvalue weighted by molar-refractivity contribution is -0.113. The molecule has 7 nitrogen and oxygen atoms in total. The zero-order valence-corrected chi connectivity index (χ0v) is 19.4. The molecule has 0 saturated carbocycles. The lowest BCUT2D eigenvalue weighted by atomic mass is 10.2. The number of H-pyrrole nitrogens is 1. The van der Waals surface area contributed by atoms with E-state index in [0.717, 1.165) is 5.56 Å². The second-order valence-corrected chi connectivity index (χ2v) is 8.30. The number of hydrogen-bond acceptors (Lipinski definition) is 6. The number of nitrogens with zero attached hydrogens (tertiary/aromatic N) is 2. The van der Waals surface area contributed by atoms with E-state index in [9.17, 15) is 9.59 Å². The summed E-state index contributed by atoms with van der Waals surface area (Å²) in [4.78, 5) is 34.7. The SMILES string of the molecule is COc1ccc(/C=C2/N=C(SCC(=O)c3ccc[nH]3)N(c3ccc(Cl)c(OC)c3)C2=O)cc1. The first kappa shape index (κ1) is 22.7. The number of ether oxygens (including phenoxy) is 2. The average Bonchev–Trinajstić information content (AvgIpc) is 3.47. The predicted octanol–water partition coefficient (Wildman–Crippen LogP) is 5.05. The number of carbonyl (C=O) groups excluding carboxylic acids is 2. The Balaban J connectivity index is 1.66. The highest BCUT2D eigenvalue weighted by Gasteiger charge is 2.33. The summed E-state index contributed by atoms with van der Waals surface area (Å²) in [6.07, 6.45) is 3.39.